The van der Waals surface area contributed by atoms with Gasteiger partial charge in [0.15, 0.2) is 0 Å². The van der Waals surface area contributed by atoms with E-state index in [1.165, 1.54) is 0 Å². The number of carbonyl (C=O) groups is 2. The van der Waals surface area contributed by atoms with Crippen molar-refractivity contribution in [2.24, 2.45) is 5.92 Å². The average molecular weight is 417 g/mol. The molecule has 8 heteroatoms. The van der Waals surface area contributed by atoms with Crippen LogP contribution >= 0.6 is 0 Å². The second-order valence-corrected chi connectivity index (χ2v) is 8.16. The third-order valence-electron chi connectivity index (χ3n) is 6.00. The first-order chi connectivity index (χ1) is 15.1. The van der Waals surface area contributed by atoms with E-state index >= 15 is 0 Å². The molecule has 0 atom stereocenters. The molecule has 0 bridgehead atoms. The number of hydrogen-bond acceptors (Lipinski definition) is 5. The molecular weight excluding hydrogens is 394 g/mol. The molecule has 5 rings (SSSR count). The summed E-state index contributed by atoms with van der Waals surface area (Å²) in [6, 6.07) is 11.0. The highest BCUT2D eigenvalue weighted by Crippen LogP contribution is 2.31. The van der Waals surface area contributed by atoms with E-state index < -0.39 is 0 Å². The normalized spacial score (nSPS) is 16.5. The van der Waals surface area contributed by atoms with Crippen LogP contribution in [0.2, 0.25) is 0 Å². The van der Waals surface area contributed by atoms with Gasteiger partial charge in [-0.1, -0.05) is 18.2 Å². The lowest BCUT2D eigenvalue weighted by Crippen LogP contribution is -2.51. The van der Waals surface area contributed by atoms with Gasteiger partial charge < -0.3 is 9.80 Å². The molecule has 158 valence electrons. The van der Waals surface area contributed by atoms with Crippen molar-refractivity contribution in [1.29, 1.82) is 0 Å². The maximum absolute atomic E-state index is 13.0. The Morgan fingerprint density at radius 2 is 1.71 bits per heavy atom. The summed E-state index contributed by atoms with van der Waals surface area (Å²) in [5.41, 5.74) is 1.80. The first-order valence-electron chi connectivity index (χ1n) is 10.6. The summed E-state index contributed by atoms with van der Waals surface area (Å²) in [5.74, 6) is 0.311. The predicted octanol–water partition coefficient (Wildman–Crippen LogP) is 1.60. The third kappa shape index (κ3) is 3.93. The molecule has 31 heavy (non-hydrogen) atoms. The molecule has 0 unspecified atom stereocenters. The second-order valence-electron chi connectivity index (χ2n) is 8.16. The van der Waals surface area contributed by atoms with Crippen LogP contribution in [0.15, 0.2) is 47.4 Å². The van der Waals surface area contributed by atoms with Gasteiger partial charge in [-0.25, -0.2) is 5.10 Å². The lowest BCUT2D eigenvalue weighted by atomic mass is 10.0. The van der Waals surface area contributed by atoms with Crippen molar-refractivity contribution in [3.8, 4) is 0 Å². The van der Waals surface area contributed by atoms with Crippen molar-refractivity contribution in [3.05, 3.63) is 69.9 Å². The summed E-state index contributed by atoms with van der Waals surface area (Å²) in [4.78, 5) is 45.1. The van der Waals surface area contributed by atoms with Crippen LogP contribution in [0.3, 0.4) is 0 Å². The number of aromatic nitrogens is 3. The minimum absolute atomic E-state index is 0.125. The van der Waals surface area contributed by atoms with Crippen LogP contribution in [0, 0.1) is 5.92 Å². The van der Waals surface area contributed by atoms with E-state index in [2.05, 4.69) is 15.2 Å². The molecule has 3 heterocycles. The molecule has 1 aliphatic heterocycles. The zero-order chi connectivity index (χ0) is 21.4. The number of nitrogens with one attached hydrogen (secondary N) is 1. The Hall–Kier alpha value is -3.55. The van der Waals surface area contributed by atoms with Gasteiger partial charge >= 0.3 is 0 Å². The summed E-state index contributed by atoms with van der Waals surface area (Å²) >= 11 is 0. The molecule has 2 amide bonds. The van der Waals surface area contributed by atoms with Crippen molar-refractivity contribution >= 4 is 22.6 Å². The van der Waals surface area contributed by atoms with Gasteiger partial charge in [-0.15, -0.1) is 0 Å². The summed E-state index contributed by atoms with van der Waals surface area (Å²) in [7, 11) is 0. The molecular formula is C23H23N5O3. The molecule has 2 fully saturated rings. The highest BCUT2D eigenvalue weighted by atomic mass is 16.2. The Morgan fingerprint density at radius 3 is 2.45 bits per heavy atom. The maximum atomic E-state index is 13.0. The van der Waals surface area contributed by atoms with Gasteiger partial charge in [-0.3, -0.25) is 19.4 Å². The Bertz CT molecular complexity index is 1210. The Balaban J connectivity index is 1.31. The number of benzene rings is 1. The van der Waals surface area contributed by atoms with Crippen LogP contribution in [0.4, 0.5) is 0 Å². The van der Waals surface area contributed by atoms with Gasteiger partial charge in [0.25, 0.3) is 11.5 Å². The van der Waals surface area contributed by atoms with Crippen LogP contribution in [0.25, 0.3) is 10.8 Å². The van der Waals surface area contributed by atoms with Gasteiger partial charge in [-0.05, 0) is 36.6 Å². The third-order valence-corrected chi connectivity index (χ3v) is 6.00. The fourth-order valence-corrected chi connectivity index (χ4v) is 4.08. The number of rotatable bonds is 4. The van der Waals surface area contributed by atoms with Crippen LogP contribution in [-0.2, 0) is 11.2 Å². The van der Waals surface area contributed by atoms with Gasteiger partial charge in [0, 0.05) is 50.1 Å². The minimum Gasteiger partial charge on any atom is -0.339 e. The monoisotopic (exact) mass is 417 g/mol. The molecule has 8 nitrogen and oxygen atoms in total. The molecule has 2 aromatic heterocycles. The summed E-state index contributed by atoms with van der Waals surface area (Å²) in [5, 5.41) is 8.16. The number of amides is 2. The van der Waals surface area contributed by atoms with Crippen molar-refractivity contribution in [2.45, 2.75) is 19.3 Å². The van der Waals surface area contributed by atoms with Gasteiger partial charge in [-0.2, -0.15) is 5.10 Å². The van der Waals surface area contributed by atoms with E-state index in [1.54, 1.807) is 23.2 Å². The maximum Gasteiger partial charge on any atom is 0.272 e. The van der Waals surface area contributed by atoms with Gasteiger partial charge in [0.1, 0.15) is 5.69 Å². The van der Waals surface area contributed by atoms with Crippen molar-refractivity contribution < 1.29 is 9.59 Å². The van der Waals surface area contributed by atoms with Crippen LogP contribution < -0.4 is 5.56 Å². The van der Waals surface area contributed by atoms with E-state index in [0.29, 0.717) is 43.7 Å². The molecule has 1 saturated carbocycles. The summed E-state index contributed by atoms with van der Waals surface area (Å²) in [6.45, 7) is 2.20. The number of nitrogens with zero attached hydrogens (tertiary/aromatic N) is 4. The van der Waals surface area contributed by atoms with Crippen molar-refractivity contribution in [3.63, 3.8) is 0 Å². The van der Waals surface area contributed by atoms with Crippen molar-refractivity contribution in [1.82, 2.24) is 25.0 Å². The van der Waals surface area contributed by atoms with Crippen LogP contribution in [-0.4, -0.2) is 63.0 Å². The van der Waals surface area contributed by atoms with E-state index in [9.17, 15) is 14.4 Å². The number of carbonyl (C=O) groups excluding carboxylic acids is 2. The fraction of sp³-hybridized carbons (Fsp3) is 0.348. The quantitative estimate of drug-likeness (QED) is 0.695. The molecule has 3 aromatic rings. The number of pyridine rings is 1. The number of hydrogen-bond donors (Lipinski definition) is 1. The largest absolute Gasteiger partial charge is 0.339 e. The van der Waals surface area contributed by atoms with Gasteiger partial charge in [0.2, 0.25) is 5.91 Å². The van der Waals surface area contributed by atoms with E-state index in [4.69, 9.17) is 0 Å². The molecule has 1 aromatic carbocycles. The highest BCUT2D eigenvalue weighted by Gasteiger charge is 2.35. The fourth-order valence-electron chi connectivity index (χ4n) is 4.08. The predicted molar refractivity (Wildman–Crippen MR) is 115 cm³/mol. The standard InChI is InChI=1S/C23H23N5O3/c29-21-18-4-2-1-3-17(18)19(25-26-21)13-15-7-8-24-20(14-15)23(31)28-11-9-27(10-12-28)22(30)16-5-6-16/h1-4,7-8,14,16H,5-6,9-13H2,(H,26,29). The number of H-pyrrole nitrogens is 1. The molecule has 1 saturated heterocycles. The van der Waals surface area contributed by atoms with E-state index in [-0.39, 0.29) is 23.3 Å². The molecule has 2 aliphatic rings. The average Bonchev–Trinajstić information content (AvgIpc) is 3.66. The number of aromatic amines is 1. The first-order valence-corrected chi connectivity index (χ1v) is 10.6. The highest BCUT2D eigenvalue weighted by molar-refractivity contribution is 5.93. The van der Waals surface area contributed by atoms with Crippen LogP contribution in [0.1, 0.15) is 34.6 Å². The first kappa shape index (κ1) is 19.4. The second kappa shape index (κ2) is 7.94. The smallest absolute Gasteiger partial charge is 0.272 e. The van der Waals surface area contributed by atoms with Crippen molar-refractivity contribution in [2.75, 3.05) is 26.2 Å². The van der Waals surface area contributed by atoms with E-state index in [1.807, 2.05) is 29.2 Å². The zero-order valence-electron chi connectivity index (χ0n) is 17.1. The topological polar surface area (TPSA) is 99.3 Å². The summed E-state index contributed by atoms with van der Waals surface area (Å²) in [6.07, 6.45) is 4.09. The SMILES string of the molecule is O=C(c1cc(Cc2n[nH]c(=O)c3ccccc23)ccn1)N1CCN(C(=O)C2CC2)CC1. The number of fused-ring (bicyclic) bond motifs is 1. The molecule has 0 spiro atoms. The number of piperazine rings is 1. The lowest BCUT2D eigenvalue weighted by Gasteiger charge is -2.34. The Morgan fingerprint density at radius 1 is 1.00 bits per heavy atom. The lowest BCUT2D eigenvalue weighted by molar-refractivity contribution is -0.134. The Labute approximate surface area is 178 Å². The summed E-state index contributed by atoms with van der Waals surface area (Å²) < 4.78 is 0. The van der Waals surface area contributed by atoms with E-state index in [0.717, 1.165) is 29.5 Å². The Kier molecular flexibility index (Phi) is 4.97. The zero-order valence-corrected chi connectivity index (χ0v) is 17.1. The molecule has 1 aliphatic carbocycles. The molecule has 1 N–H and O–H groups in total. The van der Waals surface area contributed by atoms with Gasteiger partial charge in [0.05, 0.1) is 11.1 Å². The van der Waals surface area contributed by atoms with Crippen LogP contribution in [0.5, 0.6) is 0 Å². The molecule has 0 radical (unpaired) electrons. The minimum atomic E-state index is -0.218.